The van der Waals surface area contributed by atoms with Crippen LogP contribution in [-0.4, -0.2) is 19.5 Å². The van der Waals surface area contributed by atoms with Crippen molar-refractivity contribution < 1.29 is 4.92 Å². The highest BCUT2D eigenvalue weighted by molar-refractivity contribution is 5.75. The predicted molar refractivity (Wildman–Crippen MR) is 48.0 cm³/mol. The third-order valence-corrected chi connectivity index (χ3v) is 1.91. The number of H-pyrrole nitrogens is 1. The van der Waals surface area contributed by atoms with Crippen LogP contribution in [0.3, 0.4) is 0 Å². The molecule has 0 fully saturated rings. The Labute approximate surface area is 77.2 Å². The lowest BCUT2D eigenvalue weighted by Gasteiger charge is -1.94. The van der Waals surface area contributed by atoms with Crippen molar-refractivity contribution >= 4 is 16.9 Å². The molecule has 2 heterocycles. The average Bonchev–Trinajstić information content (AvgIpc) is 2.48. The zero-order chi connectivity index (χ0) is 10.3. The number of nitrogens with one attached hydrogen (secondary N) is 1. The van der Waals surface area contributed by atoms with Crippen LogP contribution in [0.15, 0.2) is 17.2 Å². The number of nitro groups is 1. The number of aromatic amines is 1. The summed E-state index contributed by atoms with van der Waals surface area (Å²) in [7, 11) is 1.67. The number of aromatic nitrogens is 3. The predicted octanol–water partition coefficient (Wildman–Crippen LogP) is 0.170. The Bertz CT molecular complexity index is 568. The number of imidazole rings is 1. The summed E-state index contributed by atoms with van der Waals surface area (Å²) in [5.74, 6) is -0.328. The number of pyridine rings is 1. The Hall–Kier alpha value is -2.18. The van der Waals surface area contributed by atoms with Gasteiger partial charge in [0.05, 0.1) is 17.9 Å². The maximum Gasteiger partial charge on any atom is 0.359 e. The first-order chi connectivity index (χ1) is 6.59. The fraction of sp³-hybridized carbons (Fsp3) is 0.143. The molecule has 0 bridgehead atoms. The van der Waals surface area contributed by atoms with Gasteiger partial charge < -0.3 is 14.7 Å². The maximum atomic E-state index is 11.3. The topological polar surface area (TPSA) is 93.8 Å². The van der Waals surface area contributed by atoms with Gasteiger partial charge in [-0.3, -0.25) is 0 Å². The first-order valence-electron chi connectivity index (χ1n) is 3.78. The molecule has 0 atom stereocenters. The van der Waals surface area contributed by atoms with Crippen molar-refractivity contribution in [1.82, 2.24) is 14.5 Å². The number of hydrogen-bond donors (Lipinski definition) is 1. The monoisotopic (exact) mass is 194 g/mol. The van der Waals surface area contributed by atoms with Gasteiger partial charge in [-0.25, -0.2) is 14.8 Å². The van der Waals surface area contributed by atoms with E-state index in [0.717, 1.165) is 0 Å². The summed E-state index contributed by atoms with van der Waals surface area (Å²) in [6, 6.07) is 1.28. The summed E-state index contributed by atoms with van der Waals surface area (Å²) in [5.41, 5.74) is 0.105. The lowest BCUT2D eigenvalue weighted by molar-refractivity contribution is -0.389. The summed E-state index contributed by atoms with van der Waals surface area (Å²) < 4.78 is 1.55. The van der Waals surface area contributed by atoms with Crippen molar-refractivity contribution in [2.75, 3.05) is 0 Å². The van der Waals surface area contributed by atoms with Crippen LogP contribution in [0, 0.1) is 10.1 Å². The van der Waals surface area contributed by atoms with Crippen LogP contribution in [0.25, 0.3) is 11.0 Å². The van der Waals surface area contributed by atoms with Gasteiger partial charge in [-0.05, 0) is 4.92 Å². The average molecular weight is 194 g/mol. The van der Waals surface area contributed by atoms with Gasteiger partial charge in [-0.1, -0.05) is 0 Å². The number of hydrogen-bond acceptors (Lipinski definition) is 4. The molecule has 14 heavy (non-hydrogen) atoms. The van der Waals surface area contributed by atoms with E-state index in [1.807, 2.05) is 0 Å². The van der Waals surface area contributed by atoms with E-state index >= 15 is 0 Å². The Morgan fingerprint density at radius 2 is 2.36 bits per heavy atom. The number of fused-ring (bicyclic) bond motifs is 1. The minimum absolute atomic E-state index is 0.207. The van der Waals surface area contributed by atoms with Gasteiger partial charge in [0.25, 0.3) is 0 Å². The molecule has 2 aromatic heterocycles. The third kappa shape index (κ3) is 1.06. The molecule has 0 saturated heterocycles. The van der Waals surface area contributed by atoms with Crippen molar-refractivity contribution in [3.8, 4) is 0 Å². The molecule has 0 saturated carbocycles. The summed E-state index contributed by atoms with van der Waals surface area (Å²) in [6.45, 7) is 0. The van der Waals surface area contributed by atoms with E-state index in [1.54, 1.807) is 11.6 Å². The molecule has 72 valence electrons. The van der Waals surface area contributed by atoms with Gasteiger partial charge in [-0.15, -0.1) is 0 Å². The van der Waals surface area contributed by atoms with E-state index in [9.17, 15) is 14.9 Å². The van der Waals surface area contributed by atoms with Crippen LogP contribution in [0.2, 0.25) is 0 Å². The van der Waals surface area contributed by atoms with Crippen molar-refractivity contribution in [3.63, 3.8) is 0 Å². The van der Waals surface area contributed by atoms with Crippen LogP contribution in [-0.2, 0) is 7.05 Å². The molecule has 0 amide bonds. The molecular formula is C7H6N4O3. The first kappa shape index (κ1) is 8.42. The van der Waals surface area contributed by atoms with Crippen molar-refractivity contribution in [1.29, 1.82) is 0 Å². The van der Waals surface area contributed by atoms with Gasteiger partial charge in [0, 0.05) is 7.05 Å². The minimum Gasteiger partial charge on any atom is -0.358 e. The molecule has 2 aromatic rings. The molecule has 0 spiro atoms. The molecule has 0 aliphatic heterocycles. The first-order valence-corrected chi connectivity index (χ1v) is 3.78. The maximum absolute atomic E-state index is 11.3. The van der Waals surface area contributed by atoms with Gasteiger partial charge >= 0.3 is 11.4 Å². The van der Waals surface area contributed by atoms with Crippen LogP contribution >= 0.6 is 0 Å². The lowest BCUT2D eigenvalue weighted by Crippen LogP contribution is -2.09. The standard InChI is InChI=1S/C7H6N4O3/c1-10-3-8-6-4(10)2-5(11(13)14)9-7(6)12/h2-3H,1H3,(H,9,12). The highest BCUT2D eigenvalue weighted by atomic mass is 16.6. The SMILES string of the molecule is Cn1cnc2c(=O)[nH]c([N+](=O)[O-])cc21. The summed E-state index contributed by atoms with van der Waals surface area (Å²) in [4.78, 5) is 27.0. The fourth-order valence-corrected chi connectivity index (χ4v) is 1.22. The molecule has 0 aromatic carbocycles. The molecule has 7 nitrogen and oxygen atoms in total. The third-order valence-electron chi connectivity index (χ3n) is 1.91. The Morgan fingerprint density at radius 1 is 1.64 bits per heavy atom. The fourth-order valence-electron chi connectivity index (χ4n) is 1.22. The molecule has 7 heteroatoms. The van der Waals surface area contributed by atoms with Crippen LogP contribution in [0.5, 0.6) is 0 Å². The van der Waals surface area contributed by atoms with Gasteiger partial charge in [0.2, 0.25) is 0 Å². The zero-order valence-electron chi connectivity index (χ0n) is 7.22. The molecule has 0 unspecified atom stereocenters. The molecule has 0 radical (unpaired) electrons. The van der Waals surface area contributed by atoms with Crippen molar-refractivity contribution in [2.45, 2.75) is 0 Å². The van der Waals surface area contributed by atoms with Crippen molar-refractivity contribution in [3.05, 3.63) is 32.9 Å². The van der Waals surface area contributed by atoms with E-state index in [1.165, 1.54) is 12.4 Å². The lowest BCUT2D eigenvalue weighted by atomic mass is 10.4. The van der Waals surface area contributed by atoms with E-state index in [4.69, 9.17) is 0 Å². The Morgan fingerprint density at radius 3 is 3.00 bits per heavy atom. The number of rotatable bonds is 1. The van der Waals surface area contributed by atoms with Crippen LogP contribution < -0.4 is 5.56 Å². The van der Waals surface area contributed by atoms with Gasteiger partial charge in [-0.2, -0.15) is 0 Å². The molecule has 1 N–H and O–H groups in total. The second-order valence-corrected chi connectivity index (χ2v) is 2.83. The quantitative estimate of drug-likeness (QED) is 0.517. The van der Waals surface area contributed by atoms with Gasteiger partial charge in [0.15, 0.2) is 5.52 Å². The number of nitrogens with zero attached hydrogens (tertiary/aromatic N) is 3. The summed E-state index contributed by atoms with van der Waals surface area (Å²) in [5, 5.41) is 10.4. The minimum atomic E-state index is -0.645. The highest BCUT2D eigenvalue weighted by Gasteiger charge is 2.12. The van der Waals surface area contributed by atoms with E-state index in [2.05, 4.69) is 9.97 Å². The van der Waals surface area contributed by atoms with Gasteiger partial charge in [0.1, 0.15) is 0 Å². The Balaban J connectivity index is 2.89. The molecule has 0 aliphatic rings. The van der Waals surface area contributed by atoms with E-state index in [-0.39, 0.29) is 11.3 Å². The largest absolute Gasteiger partial charge is 0.359 e. The van der Waals surface area contributed by atoms with E-state index in [0.29, 0.717) is 5.52 Å². The second-order valence-electron chi connectivity index (χ2n) is 2.83. The van der Waals surface area contributed by atoms with Crippen LogP contribution in [0.4, 0.5) is 5.82 Å². The second kappa shape index (κ2) is 2.66. The zero-order valence-corrected chi connectivity index (χ0v) is 7.22. The Kier molecular flexibility index (Phi) is 1.60. The molecule has 2 rings (SSSR count). The van der Waals surface area contributed by atoms with E-state index < -0.39 is 10.5 Å². The smallest absolute Gasteiger partial charge is 0.358 e. The van der Waals surface area contributed by atoms with Crippen molar-refractivity contribution in [2.24, 2.45) is 7.05 Å². The normalized spacial score (nSPS) is 10.6. The summed E-state index contributed by atoms with van der Waals surface area (Å²) >= 11 is 0. The van der Waals surface area contributed by atoms with Crippen LogP contribution in [0.1, 0.15) is 0 Å². The number of aryl methyl sites for hydroxylation is 1. The molecular weight excluding hydrogens is 188 g/mol. The molecule has 0 aliphatic carbocycles. The highest BCUT2D eigenvalue weighted by Crippen LogP contribution is 2.12. The summed E-state index contributed by atoms with van der Waals surface area (Å²) in [6.07, 6.45) is 1.43.